The molecule has 2 aromatic carbocycles. The summed E-state index contributed by atoms with van der Waals surface area (Å²) >= 11 is 0. The molecule has 6 rings (SSSR count). The monoisotopic (exact) mass is 490 g/mol. The molecule has 3 aliphatic carbocycles. The summed E-state index contributed by atoms with van der Waals surface area (Å²) in [5.41, 5.74) is 4.66. The Morgan fingerprint density at radius 2 is 1.83 bits per heavy atom. The zero-order valence-corrected chi connectivity index (χ0v) is 22.6. The average Bonchev–Trinajstić information content (AvgIpc) is 2.78. The van der Waals surface area contributed by atoms with Gasteiger partial charge in [-0.15, -0.1) is 0 Å². The molecule has 1 aliphatic heterocycles. The molecule has 4 aliphatic rings. The highest BCUT2D eigenvalue weighted by molar-refractivity contribution is 5.70. The Balaban J connectivity index is 1.36. The van der Waals surface area contributed by atoms with Gasteiger partial charge in [0.25, 0.3) is 0 Å². The third-order valence-electron chi connectivity index (χ3n) is 8.28. The van der Waals surface area contributed by atoms with E-state index in [0.717, 1.165) is 42.9 Å². The largest absolute Gasteiger partial charge is 0.497 e. The minimum absolute atomic E-state index is 0.0150. The lowest BCUT2D eigenvalue weighted by atomic mass is 9.49. The summed E-state index contributed by atoms with van der Waals surface area (Å²) in [6.45, 7) is 8.69. The van der Waals surface area contributed by atoms with Gasteiger partial charge in [0.15, 0.2) is 0 Å². The quantitative estimate of drug-likeness (QED) is 0.443. The van der Waals surface area contributed by atoms with Gasteiger partial charge in [0.05, 0.1) is 13.2 Å². The van der Waals surface area contributed by atoms with Crippen LogP contribution in [0.4, 0.5) is 4.79 Å². The van der Waals surface area contributed by atoms with Gasteiger partial charge in [-0.25, -0.2) is 4.79 Å². The number of hydrogen-bond donors (Lipinski definition) is 1. The second kappa shape index (κ2) is 9.74. The van der Waals surface area contributed by atoms with Gasteiger partial charge in [0, 0.05) is 18.1 Å². The average molecular weight is 491 g/mol. The fraction of sp³-hybridized carbons (Fsp3) is 0.581. The second-order valence-electron chi connectivity index (χ2n) is 12.2. The van der Waals surface area contributed by atoms with E-state index in [0.29, 0.717) is 12.6 Å². The summed E-state index contributed by atoms with van der Waals surface area (Å²) in [4.78, 5) is 15.1. The van der Waals surface area contributed by atoms with Crippen LogP contribution in [0.25, 0.3) is 0 Å². The van der Waals surface area contributed by atoms with Crippen molar-refractivity contribution in [1.82, 2.24) is 10.2 Å². The number of amides is 1. The molecule has 5 nitrogen and oxygen atoms in total. The molecule has 3 saturated carbocycles. The van der Waals surface area contributed by atoms with Crippen LogP contribution in [-0.2, 0) is 17.7 Å². The minimum atomic E-state index is -0.486. The summed E-state index contributed by atoms with van der Waals surface area (Å²) in [6.07, 6.45) is 7.83. The lowest BCUT2D eigenvalue weighted by Gasteiger charge is -2.65. The first kappa shape index (κ1) is 25.1. The van der Waals surface area contributed by atoms with Crippen LogP contribution >= 0.6 is 0 Å². The molecule has 194 valence electrons. The van der Waals surface area contributed by atoms with Gasteiger partial charge >= 0.3 is 6.09 Å². The van der Waals surface area contributed by atoms with E-state index in [1.807, 2.05) is 25.7 Å². The van der Waals surface area contributed by atoms with Gasteiger partial charge in [-0.1, -0.05) is 50.1 Å². The normalized spacial score (nSPS) is 26.3. The van der Waals surface area contributed by atoms with Crippen molar-refractivity contribution in [1.29, 1.82) is 0 Å². The number of methoxy groups -OCH3 is 1. The Hall–Kier alpha value is -2.53. The van der Waals surface area contributed by atoms with E-state index >= 15 is 0 Å². The maximum atomic E-state index is 13.1. The van der Waals surface area contributed by atoms with E-state index in [2.05, 4.69) is 54.7 Å². The summed E-state index contributed by atoms with van der Waals surface area (Å²) in [7, 11) is 1.74. The highest BCUT2D eigenvalue weighted by Crippen LogP contribution is 2.61. The van der Waals surface area contributed by atoms with Crippen molar-refractivity contribution in [2.45, 2.75) is 102 Å². The summed E-state index contributed by atoms with van der Waals surface area (Å²) < 4.78 is 11.3. The lowest BCUT2D eigenvalue weighted by molar-refractivity contribution is -0.141. The first-order valence-corrected chi connectivity index (χ1v) is 13.7. The number of nitrogens with zero attached hydrogens (tertiary/aromatic N) is 1. The van der Waals surface area contributed by atoms with Crippen LogP contribution in [-0.4, -0.2) is 35.3 Å². The van der Waals surface area contributed by atoms with Crippen LogP contribution in [0.2, 0.25) is 0 Å². The van der Waals surface area contributed by atoms with E-state index in [-0.39, 0.29) is 17.7 Å². The molecule has 5 heteroatoms. The van der Waals surface area contributed by atoms with Crippen molar-refractivity contribution in [3.05, 3.63) is 64.7 Å². The molecule has 0 unspecified atom stereocenters. The van der Waals surface area contributed by atoms with E-state index in [1.54, 1.807) is 7.11 Å². The molecule has 1 amide bonds. The first-order valence-electron chi connectivity index (χ1n) is 13.7. The first-order chi connectivity index (χ1) is 17.2. The highest BCUT2D eigenvalue weighted by atomic mass is 16.6. The van der Waals surface area contributed by atoms with Gasteiger partial charge < -0.3 is 14.8 Å². The molecule has 2 aromatic rings. The number of rotatable bonds is 8. The maximum Gasteiger partial charge on any atom is 0.411 e. The van der Waals surface area contributed by atoms with Crippen LogP contribution < -0.4 is 10.1 Å². The van der Waals surface area contributed by atoms with Crippen molar-refractivity contribution >= 4 is 6.09 Å². The molecule has 36 heavy (non-hydrogen) atoms. The van der Waals surface area contributed by atoms with E-state index in [4.69, 9.17) is 9.47 Å². The number of hydrogen-bond acceptors (Lipinski definition) is 4. The predicted molar refractivity (Wildman–Crippen MR) is 143 cm³/mol. The summed E-state index contributed by atoms with van der Waals surface area (Å²) in [6, 6.07) is 16.0. The number of unbranched alkanes of at least 4 members (excludes halogenated alkanes) is 1. The number of nitrogens with one attached hydrogen (secondary N) is 1. The van der Waals surface area contributed by atoms with Crippen LogP contribution in [0.5, 0.6) is 5.75 Å². The molecule has 0 radical (unpaired) electrons. The van der Waals surface area contributed by atoms with Gasteiger partial charge in [-0.2, -0.15) is 0 Å². The fourth-order valence-electron chi connectivity index (χ4n) is 6.23. The van der Waals surface area contributed by atoms with Gasteiger partial charge in [-0.05, 0) is 93.2 Å². The van der Waals surface area contributed by atoms with Gasteiger partial charge in [-0.3, -0.25) is 4.90 Å². The Kier molecular flexibility index (Phi) is 6.80. The molecule has 2 bridgehead atoms. The van der Waals surface area contributed by atoms with Crippen LogP contribution in [0, 0.1) is 5.92 Å². The lowest BCUT2D eigenvalue weighted by Crippen LogP contribution is -2.69. The third-order valence-corrected chi connectivity index (χ3v) is 8.28. The van der Waals surface area contributed by atoms with Crippen molar-refractivity contribution in [3.63, 3.8) is 0 Å². The van der Waals surface area contributed by atoms with Crippen molar-refractivity contribution in [2.24, 2.45) is 5.92 Å². The molecule has 0 spiro atoms. The van der Waals surface area contributed by atoms with Gasteiger partial charge in [0.2, 0.25) is 0 Å². The molecule has 1 heterocycles. The second-order valence-corrected chi connectivity index (χ2v) is 12.2. The number of carbonyl (C=O) groups is 1. The van der Waals surface area contributed by atoms with Crippen LogP contribution in [0.1, 0.15) is 94.5 Å². The summed E-state index contributed by atoms with van der Waals surface area (Å²) in [5.74, 6) is 1.73. The number of carbonyl (C=O) groups excluding carboxylic acids is 1. The zero-order chi connectivity index (χ0) is 25.5. The minimum Gasteiger partial charge on any atom is -0.497 e. The molecule has 1 N–H and O–H groups in total. The Morgan fingerprint density at radius 3 is 2.42 bits per heavy atom. The molecule has 3 fully saturated rings. The third kappa shape index (κ3) is 5.00. The predicted octanol–water partition coefficient (Wildman–Crippen LogP) is 6.78. The zero-order valence-electron chi connectivity index (χ0n) is 22.6. The van der Waals surface area contributed by atoms with E-state index in [1.165, 1.54) is 36.0 Å². The van der Waals surface area contributed by atoms with Crippen molar-refractivity contribution in [2.75, 3.05) is 7.11 Å². The van der Waals surface area contributed by atoms with Gasteiger partial charge in [0.1, 0.15) is 11.4 Å². The fourth-order valence-corrected chi connectivity index (χ4v) is 6.23. The SMILES string of the molecule is CCCC[C@H]1Cc2cc(OC)ccc2[C@H](c2ccc(CN(C(=O)OC(C)(C)C)C34CC(C3)C4)cc2)N1. The summed E-state index contributed by atoms with van der Waals surface area (Å²) in [5, 5.41) is 3.93. The smallest absolute Gasteiger partial charge is 0.411 e. The van der Waals surface area contributed by atoms with E-state index in [9.17, 15) is 4.79 Å². The Morgan fingerprint density at radius 1 is 1.11 bits per heavy atom. The molecule has 0 aromatic heterocycles. The van der Waals surface area contributed by atoms with Crippen LogP contribution in [0.3, 0.4) is 0 Å². The number of benzene rings is 2. The molecule has 0 saturated heterocycles. The van der Waals surface area contributed by atoms with E-state index < -0.39 is 5.60 Å². The highest BCUT2D eigenvalue weighted by Gasteiger charge is 2.61. The van der Waals surface area contributed by atoms with Crippen LogP contribution in [0.15, 0.2) is 42.5 Å². The van der Waals surface area contributed by atoms with Crippen molar-refractivity contribution in [3.8, 4) is 5.75 Å². The molecular weight excluding hydrogens is 448 g/mol. The molecule has 2 atom stereocenters. The van der Waals surface area contributed by atoms with Crippen molar-refractivity contribution < 1.29 is 14.3 Å². The topological polar surface area (TPSA) is 50.8 Å². The number of fused-ring (bicyclic) bond motifs is 1. The Bertz CT molecular complexity index is 1070. The standard InChI is InChI=1S/C31H42N2O3/c1-6-7-8-25-15-24-16-26(35-5)13-14-27(24)28(32-25)23-11-9-21(10-12-23)20-33(29(34)36-30(2,3)4)31-17-22(18-31)19-31/h9-14,16,22,25,28,32H,6-8,15,17-20H2,1-5H3/t22?,25-,28-,31?/m0/s1. The maximum absolute atomic E-state index is 13.1. The number of ether oxygens (including phenoxy) is 2. The molecular formula is C31H42N2O3. The Labute approximate surface area is 216 Å².